The number of hydrogen-bond acceptors (Lipinski definition) is 5. The van der Waals surface area contributed by atoms with Gasteiger partial charge in [0.05, 0.1) is 49.2 Å². The number of rotatable bonds is 5. The molecule has 0 unspecified atom stereocenters. The third-order valence-corrected chi connectivity index (χ3v) is 6.71. The number of hydrogen-bond donors (Lipinski definition) is 0. The standard InChI is InChI=1S/C25H26N4O3/c1-31-23-7-3-2-6-20(23)15-28-16-25(32-24(28)30)10-4-5-19(12-25)14-29-17-27-21-9-8-18(13-26)11-22(21)29/h2-3,6-9,11,17,19H,4-5,10,12,14-16H2,1H3/t19-,25-/m0/s1. The summed E-state index contributed by atoms with van der Waals surface area (Å²) >= 11 is 0. The monoisotopic (exact) mass is 430 g/mol. The Morgan fingerprint density at radius 2 is 2.19 bits per heavy atom. The molecule has 2 aromatic carbocycles. The number of fused-ring (bicyclic) bond motifs is 1. The molecule has 7 heteroatoms. The van der Waals surface area contributed by atoms with Gasteiger partial charge in [-0.05, 0) is 55.9 Å². The van der Waals surface area contributed by atoms with Gasteiger partial charge < -0.3 is 14.0 Å². The lowest BCUT2D eigenvalue weighted by Crippen LogP contribution is -2.40. The number of nitrogens with zero attached hydrogens (tertiary/aromatic N) is 4. The van der Waals surface area contributed by atoms with Crippen LogP contribution in [-0.4, -0.2) is 39.8 Å². The number of benzene rings is 2. The van der Waals surface area contributed by atoms with Crippen LogP contribution in [0.3, 0.4) is 0 Å². The maximum absolute atomic E-state index is 12.7. The number of aromatic nitrogens is 2. The molecule has 1 spiro atoms. The Balaban J connectivity index is 1.31. The molecule has 1 aromatic heterocycles. The molecule has 5 rings (SSSR count). The second kappa shape index (κ2) is 8.19. The lowest BCUT2D eigenvalue weighted by atomic mass is 9.78. The third-order valence-electron chi connectivity index (χ3n) is 6.71. The first kappa shape index (κ1) is 20.4. The van der Waals surface area contributed by atoms with Crippen LogP contribution in [0.4, 0.5) is 4.79 Å². The second-order valence-electron chi connectivity index (χ2n) is 8.89. The lowest BCUT2D eigenvalue weighted by Gasteiger charge is -2.36. The van der Waals surface area contributed by atoms with E-state index in [0.29, 0.717) is 24.6 Å². The highest BCUT2D eigenvalue weighted by Crippen LogP contribution is 2.41. The zero-order chi connectivity index (χ0) is 22.1. The quantitative estimate of drug-likeness (QED) is 0.595. The molecule has 164 valence electrons. The summed E-state index contributed by atoms with van der Waals surface area (Å²) in [6.45, 7) is 1.89. The predicted octanol–water partition coefficient (Wildman–Crippen LogP) is 4.50. The van der Waals surface area contributed by atoms with Gasteiger partial charge in [-0.25, -0.2) is 9.78 Å². The Kier molecular flexibility index (Phi) is 5.22. The van der Waals surface area contributed by atoms with Crippen molar-refractivity contribution in [1.29, 1.82) is 5.26 Å². The number of carbonyl (C=O) groups excluding carboxylic acids is 1. The molecule has 1 amide bonds. The van der Waals surface area contributed by atoms with Crippen LogP contribution in [0, 0.1) is 17.2 Å². The average molecular weight is 431 g/mol. The summed E-state index contributed by atoms with van der Waals surface area (Å²) in [5, 5.41) is 9.23. The molecule has 2 atom stereocenters. The molecule has 2 heterocycles. The van der Waals surface area contributed by atoms with E-state index in [1.807, 2.05) is 42.7 Å². The zero-order valence-corrected chi connectivity index (χ0v) is 18.2. The molecule has 1 saturated carbocycles. The first-order valence-electron chi connectivity index (χ1n) is 11.0. The van der Waals surface area contributed by atoms with Crippen molar-refractivity contribution in [2.75, 3.05) is 13.7 Å². The highest BCUT2D eigenvalue weighted by Gasteiger charge is 2.48. The molecular weight excluding hydrogens is 404 g/mol. The molecule has 1 aliphatic carbocycles. The summed E-state index contributed by atoms with van der Waals surface area (Å²) < 4.78 is 13.6. The Bertz CT molecular complexity index is 1200. The largest absolute Gasteiger partial charge is 0.496 e. The van der Waals surface area contributed by atoms with Crippen molar-refractivity contribution in [3.05, 3.63) is 59.9 Å². The van der Waals surface area contributed by atoms with Crippen LogP contribution in [0.5, 0.6) is 5.75 Å². The minimum Gasteiger partial charge on any atom is -0.496 e. The number of ether oxygens (including phenoxy) is 2. The SMILES string of the molecule is COc1ccccc1CN1C[C@@]2(CCC[C@H](Cn3cnc4ccc(C#N)cc43)C2)OC1=O. The first-order chi connectivity index (χ1) is 15.6. The van der Waals surface area contributed by atoms with E-state index in [1.165, 1.54) is 0 Å². The maximum atomic E-state index is 12.7. The fourth-order valence-corrected chi connectivity index (χ4v) is 5.24. The van der Waals surface area contributed by atoms with Crippen molar-refractivity contribution >= 4 is 17.1 Å². The minimum absolute atomic E-state index is 0.247. The highest BCUT2D eigenvalue weighted by molar-refractivity contribution is 5.77. The topological polar surface area (TPSA) is 80.4 Å². The van der Waals surface area contributed by atoms with Crippen molar-refractivity contribution < 1.29 is 14.3 Å². The maximum Gasteiger partial charge on any atom is 0.410 e. The van der Waals surface area contributed by atoms with E-state index in [0.717, 1.165) is 54.6 Å². The molecule has 1 saturated heterocycles. The number of nitriles is 1. The molecule has 0 N–H and O–H groups in total. The summed E-state index contributed by atoms with van der Waals surface area (Å²) in [5.41, 5.74) is 3.05. The molecule has 2 aliphatic rings. The fraction of sp³-hybridized carbons (Fsp3) is 0.400. The molecule has 32 heavy (non-hydrogen) atoms. The zero-order valence-electron chi connectivity index (χ0n) is 18.2. The van der Waals surface area contributed by atoms with Crippen molar-refractivity contribution in [2.45, 2.75) is 44.4 Å². The normalized spacial score (nSPS) is 22.8. The van der Waals surface area contributed by atoms with Crippen LogP contribution in [0.2, 0.25) is 0 Å². The van der Waals surface area contributed by atoms with Crippen molar-refractivity contribution in [1.82, 2.24) is 14.5 Å². The van der Waals surface area contributed by atoms with Crippen LogP contribution >= 0.6 is 0 Å². The van der Waals surface area contributed by atoms with Crippen molar-refractivity contribution in [3.8, 4) is 11.8 Å². The van der Waals surface area contributed by atoms with Gasteiger partial charge in [0.1, 0.15) is 11.4 Å². The summed E-state index contributed by atoms with van der Waals surface area (Å²) in [6.07, 6.45) is 5.43. The van der Waals surface area contributed by atoms with E-state index in [2.05, 4.69) is 15.6 Å². The van der Waals surface area contributed by atoms with Gasteiger partial charge in [-0.3, -0.25) is 4.90 Å². The number of imidazole rings is 1. The number of carbonyl (C=O) groups is 1. The smallest absolute Gasteiger partial charge is 0.410 e. The van der Waals surface area contributed by atoms with Crippen LogP contribution < -0.4 is 4.74 Å². The Hall–Kier alpha value is -3.53. The molecule has 7 nitrogen and oxygen atoms in total. The van der Waals surface area contributed by atoms with E-state index in [-0.39, 0.29) is 6.09 Å². The van der Waals surface area contributed by atoms with Gasteiger partial charge in [-0.2, -0.15) is 5.26 Å². The third kappa shape index (κ3) is 3.77. The Labute approximate surface area is 187 Å². The molecule has 0 bridgehead atoms. The Morgan fingerprint density at radius 1 is 1.31 bits per heavy atom. The predicted molar refractivity (Wildman–Crippen MR) is 119 cm³/mol. The van der Waals surface area contributed by atoms with Crippen LogP contribution in [0.1, 0.15) is 36.8 Å². The van der Waals surface area contributed by atoms with Gasteiger partial charge >= 0.3 is 6.09 Å². The molecule has 0 radical (unpaired) electrons. The minimum atomic E-state index is -0.434. The lowest BCUT2D eigenvalue weighted by molar-refractivity contribution is 0.00415. The molecule has 1 aliphatic heterocycles. The van der Waals surface area contributed by atoms with E-state index in [1.54, 1.807) is 18.1 Å². The van der Waals surface area contributed by atoms with Gasteiger partial charge in [0.15, 0.2) is 0 Å². The molecule has 3 aromatic rings. The van der Waals surface area contributed by atoms with Gasteiger partial charge in [-0.15, -0.1) is 0 Å². The molecule has 2 fully saturated rings. The van der Waals surface area contributed by atoms with Crippen molar-refractivity contribution in [2.24, 2.45) is 5.92 Å². The summed E-state index contributed by atoms with van der Waals surface area (Å²) in [6, 6.07) is 15.6. The van der Waals surface area contributed by atoms with Crippen LogP contribution in [-0.2, 0) is 17.8 Å². The first-order valence-corrected chi connectivity index (χ1v) is 11.0. The van der Waals surface area contributed by atoms with Gasteiger partial charge in [-0.1, -0.05) is 18.2 Å². The number of amides is 1. The van der Waals surface area contributed by atoms with E-state index >= 15 is 0 Å². The summed E-state index contributed by atoms with van der Waals surface area (Å²) in [7, 11) is 1.65. The summed E-state index contributed by atoms with van der Waals surface area (Å²) in [5.74, 6) is 1.16. The number of methoxy groups -OCH3 is 1. The van der Waals surface area contributed by atoms with E-state index in [9.17, 15) is 10.1 Å². The average Bonchev–Trinajstić information content (AvgIpc) is 3.33. The van der Waals surface area contributed by atoms with Crippen molar-refractivity contribution in [3.63, 3.8) is 0 Å². The molecular formula is C25H26N4O3. The second-order valence-corrected chi connectivity index (χ2v) is 8.89. The van der Waals surface area contributed by atoms with Gasteiger partial charge in [0.25, 0.3) is 0 Å². The van der Waals surface area contributed by atoms with Crippen LogP contribution in [0.15, 0.2) is 48.8 Å². The highest BCUT2D eigenvalue weighted by atomic mass is 16.6. The summed E-state index contributed by atoms with van der Waals surface area (Å²) in [4.78, 5) is 19.0. The van der Waals surface area contributed by atoms with Gasteiger partial charge in [0, 0.05) is 12.1 Å². The van der Waals surface area contributed by atoms with Gasteiger partial charge in [0.2, 0.25) is 0 Å². The van der Waals surface area contributed by atoms with E-state index < -0.39 is 5.60 Å². The van der Waals surface area contributed by atoms with E-state index in [4.69, 9.17) is 9.47 Å². The van der Waals surface area contributed by atoms with Crippen LogP contribution in [0.25, 0.3) is 11.0 Å². The Morgan fingerprint density at radius 3 is 3.03 bits per heavy atom. The fourth-order valence-electron chi connectivity index (χ4n) is 5.24. The number of para-hydroxylation sites is 1.